The van der Waals surface area contributed by atoms with Crippen molar-refractivity contribution in [3.8, 4) is 11.8 Å². The normalized spacial score (nSPS) is 11.2. The lowest BCUT2D eigenvalue weighted by Gasteiger charge is -2.14. The van der Waals surface area contributed by atoms with Crippen molar-refractivity contribution in [3.63, 3.8) is 0 Å². The molecule has 4 nitrogen and oxygen atoms in total. The molecule has 1 N–H and O–H groups in total. The molecule has 3 rings (SSSR count). The SMILES string of the molecule is CCc1ccccc1-n1c(C)cc(/C=C(/C#N)C(=O)Nc2cccc(Br)c2)c1C. The van der Waals surface area contributed by atoms with Crippen molar-refractivity contribution in [2.45, 2.75) is 27.2 Å². The minimum absolute atomic E-state index is 0.0639. The Morgan fingerprint density at radius 2 is 1.93 bits per heavy atom. The molecule has 0 spiro atoms. The first-order chi connectivity index (χ1) is 13.9. The highest BCUT2D eigenvalue weighted by atomic mass is 79.9. The van der Waals surface area contributed by atoms with Gasteiger partial charge < -0.3 is 9.88 Å². The van der Waals surface area contributed by atoms with Gasteiger partial charge in [0, 0.05) is 27.2 Å². The zero-order valence-electron chi connectivity index (χ0n) is 16.7. The fourth-order valence-electron chi connectivity index (χ4n) is 3.40. The van der Waals surface area contributed by atoms with Gasteiger partial charge in [-0.15, -0.1) is 0 Å². The van der Waals surface area contributed by atoms with E-state index in [2.05, 4.69) is 44.9 Å². The van der Waals surface area contributed by atoms with Crippen molar-refractivity contribution in [1.82, 2.24) is 4.57 Å². The van der Waals surface area contributed by atoms with Gasteiger partial charge in [0.25, 0.3) is 5.91 Å². The molecule has 1 amide bonds. The van der Waals surface area contributed by atoms with Gasteiger partial charge in [-0.2, -0.15) is 5.26 Å². The molecule has 0 aliphatic rings. The van der Waals surface area contributed by atoms with Crippen LogP contribution in [0.2, 0.25) is 0 Å². The Balaban J connectivity index is 1.97. The number of aromatic nitrogens is 1. The number of halogens is 1. The zero-order chi connectivity index (χ0) is 21.0. The number of hydrogen-bond acceptors (Lipinski definition) is 2. The summed E-state index contributed by atoms with van der Waals surface area (Å²) >= 11 is 3.38. The number of nitrogens with one attached hydrogen (secondary N) is 1. The van der Waals surface area contributed by atoms with Gasteiger partial charge in [0.2, 0.25) is 0 Å². The van der Waals surface area contributed by atoms with Crippen LogP contribution in [0.3, 0.4) is 0 Å². The molecule has 29 heavy (non-hydrogen) atoms. The van der Waals surface area contributed by atoms with Crippen molar-refractivity contribution in [3.05, 3.63) is 87.2 Å². The predicted octanol–water partition coefficient (Wildman–Crippen LogP) is 5.96. The number of benzene rings is 2. The number of hydrogen-bond donors (Lipinski definition) is 1. The maximum atomic E-state index is 12.6. The van der Waals surface area contributed by atoms with E-state index < -0.39 is 5.91 Å². The highest BCUT2D eigenvalue weighted by Crippen LogP contribution is 2.25. The Bertz CT molecular complexity index is 1140. The number of anilines is 1. The first kappa shape index (κ1) is 20.6. The number of aryl methyl sites for hydroxylation is 2. The second-order valence-corrected chi connectivity index (χ2v) is 7.69. The molecule has 0 atom stereocenters. The van der Waals surface area contributed by atoms with E-state index in [0.717, 1.165) is 33.5 Å². The van der Waals surface area contributed by atoms with Crippen LogP contribution in [0.1, 0.15) is 29.4 Å². The number of para-hydroxylation sites is 1. The van der Waals surface area contributed by atoms with Crippen LogP contribution in [0.15, 0.2) is 64.6 Å². The second-order valence-electron chi connectivity index (χ2n) is 6.78. The van der Waals surface area contributed by atoms with Gasteiger partial charge in [0.15, 0.2) is 0 Å². The van der Waals surface area contributed by atoms with Crippen molar-refractivity contribution in [2.24, 2.45) is 0 Å². The summed E-state index contributed by atoms with van der Waals surface area (Å²) in [6.07, 6.45) is 2.58. The molecule has 146 valence electrons. The summed E-state index contributed by atoms with van der Waals surface area (Å²) in [6.45, 7) is 6.17. The van der Waals surface area contributed by atoms with E-state index in [1.165, 1.54) is 5.56 Å². The monoisotopic (exact) mass is 447 g/mol. The van der Waals surface area contributed by atoms with E-state index in [0.29, 0.717) is 5.69 Å². The average Bonchev–Trinajstić information content (AvgIpc) is 2.98. The van der Waals surface area contributed by atoms with E-state index >= 15 is 0 Å². The standard InChI is InChI=1S/C24H22BrN3O/c1-4-18-8-5-6-11-23(18)28-16(2)12-19(17(28)3)13-20(15-26)24(29)27-22-10-7-9-21(25)14-22/h5-14H,4H2,1-3H3,(H,27,29)/b20-13-. The van der Waals surface area contributed by atoms with Crippen LogP contribution in [0.4, 0.5) is 5.69 Å². The van der Waals surface area contributed by atoms with Gasteiger partial charge in [-0.05, 0) is 67.8 Å². The molecule has 0 bridgehead atoms. The van der Waals surface area contributed by atoms with Crippen molar-refractivity contribution >= 4 is 33.6 Å². The number of carbonyl (C=O) groups excluding carboxylic acids is 1. The Hall–Kier alpha value is -3.10. The van der Waals surface area contributed by atoms with Crippen molar-refractivity contribution < 1.29 is 4.79 Å². The highest BCUT2D eigenvalue weighted by molar-refractivity contribution is 9.10. The molecule has 0 saturated carbocycles. The quantitative estimate of drug-likeness (QED) is 0.387. The van der Waals surface area contributed by atoms with Gasteiger partial charge in [-0.25, -0.2) is 0 Å². The Morgan fingerprint density at radius 1 is 1.17 bits per heavy atom. The van der Waals surface area contributed by atoms with E-state index in [1.54, 1.807) is 18.2 Å². The van der Waals surface area contributed by atoms with Crippen molar-refractivity contribution in [2.75, 3.05) is 5.32 Å². The van der Waals surface area contributed by atoms with Gasteiger partial charge in [-0.1, -0.05) is 47.1 Å². The maximum Gasteiger partial charge on any atom is 0.266 e. The molecule has 0 saturated heterocycles. The Labute approximate surface area is 179 Å². The number of nitrogens with zero attached hydrogens (tertiary/aromatic N) is 2. The second kappa shape index (κ2) is 8.93. The van der Waals surface area contributed by atoms with Crippen molar-refractivity contribution in [1.29, 1.82) is 5.26 Å². The van der Waals surface area contributed by atoms with Crippen LogP contribution in [0, 0.1) is 25.2 Å². The lowest BCUT2D eigenvalue weighted by molar-refractivity contribution is -0.112. The summed E-state index contributed by atoms with van der Waals surface area (Å²) in [6, 6.07) is 19.6. The largest absolute Gasteiger partial charge is 0.321 e. The molecule has 1 aromatic heterocycles. The van der Waals surface area contributed by atoms with E-state index in [1.807, 2.05) is 50.2 Å². The molecule has 0 aliphatic heterocycles. The summed E-state index contributed by atoms with van der Waals surface area (Å²) in [5.74, 6) is -0.427. The lowest BCUT2D eigenvalue weighted by atomic mass is 10.1. The highest BCUT2D eigenvalue weighted by Gasteiger charge is 2.15. The van der Waals surface area contributed by atoms with Gasteiger partial charge in [-0.3, -0.25) is 4.79 Å². The molecule has 3 aromatic rings. The molecule has 2 aromatic carbocycles. The number of amides is 1. The fourth-order valence-corrected chi connectivity index (χ4v) is 3.80. The fraction of sp³-hybridized carbons (Fsp3) is 0.167. The molecule has 5 heteroatoms. The molecule has 1 heterocycles. The molecule has 0 radical (unpaired) electrons. The molecule has 0 fully saturated rings. The van der Waals surface area contributed by atoms with Crippen LogP contribution in [-0.2, 0) is 11.2 Å². The maximum absolute atomic E-state index is 12.6. The summed E-state index contributed by atoms with van der Waals surface area (Å²) in [5.41, 5.74) is 5.97. The third-order valence-electron chi connectivity index (χ3n) is 4.83. The third kappa shape index (κ3) is 4.49. The molecular formula is C24H22BrN3O. The first-order valence-electron chi connectivity index (χ1n) is 9.40. The molecule has 0 aliphatic carbocycles. The van der Waals surface area contributed by atoms with Crippen LogP contribution >= 0.6 is 15.9 Å². The molecular weight excluding hydrogens is 426 g/mol. The smallest absolute Gasteiger partial charge is 0.266 e. The minimum atomic E-state index is -0.427. The Morgan fingerprint density at radius 3 is 2.62 bits per heavy atom. The Kier molecular flexibility index (Phi) is 6.36. The zero-order valence-corrected chi connectivity index (χ0v) is 18.2. The summed E-state index contributed by atoms with van der Waals surface area (Å²) < 4.78 is 3.03. The third-order valence-corrected chi connectivity index (χ3v) is 5.32. The number of rotatable bonds is 5. The van der Waals surface area contributed by atoms with E-state index in [-0.39, 0.29) is 5.57 Å². The van der Waals surface area contributed by atoms with Gasteiger partial charge >= 0.3 is 0 Å². The number of carbonyl (C=O) groups is 1. The number of nitriles is 1. The topological polar surface area (TPSA) is 57.8 Å². The summed E-state index contributed by atoms with van der Waals surface area (Å²) in [4.78, 5) is 12.6. The van der Waals surface area contributed by atoms with E-state index in [9.17, 15) is 10.1 Å². The first-order valence-corrected chi connectivity index (χ1v) is 10.2. The van der Waals surface area contributed by atoms with Crippen LogP contribution < -0.4 is 5.32 Å². The minimum Gasteiger partial charge on any atom is -0.321 e. The molecule has 0 unspecified atom stereocenters. The lowest BCUT2D eigenvalue weighted by Crippen LogP contribution is -2.13. The predicted molar refractivity (Wildman–Crippen MR) is 121 cm³/mol. The summed E-state index contributed by atoms with van der Waals surface area (Å²) in [5, 5.41) is 12.3. The van der Waals surface area contributed by atoms with Gasteiger partial charge in [0.1, 0.15) is 11.6 Å². The van der Waals surface area contributed by atoms with Crippen LogP contribution in [-0.4, -0.2) is 10.5 Å². The van der Waals surface area contributed by atoms with Gasteiger partial charge in [0.05, 0.1) is 0 Å². The van der Waals surface area contributed by atoms with Crippen LogP contribution in [0.5, 0.6) is 0 Å². The van der Waals surface area contributed by atoms with Crippen LogP contribution in [0.25, 0.3) is 11.8 Å². The summed E-state index contributed by atoms with van der Waals surface area (Å²) in [7, 11) is 0. The van der Waals surface area contributed by atoms with E-state index in [4.69, 9.17) is 0 Å². The average molecular weight is 448 g/mol.